The van der Waals surface area contributed by atoms with Crippen LogP contribution in [0.1, 0.15) is 43.0 Å². The van der Waals surface area contributed by atoms with E-state index in [4.69, 9.17) is 16.3 Å². The van der Waals surface area contributed by atoms with Crippen molar-refractivity contribution in [2.45, 2.75) is 32.6 Å². The maximum atomic E-state index is 12.0. The Bertz CT molecular complexity index is 715. The number of halogens is 1. The fraction of sp³-hybridized carbons (Fsp3) is 0.300. The van der Waals surface area contributed by atoms with Gasteiger partial charge in [-0.1, -0.05) is 37.8 Å². The van der Waals surface area contributed by atoms with Crippen LogP contribution in [0.15, 0.2) is 48.5 Å². The van der Waals surface area contributed by atoms with Crippen molar-refractivity contribution < 1.29 is 14.3 Å². The zero-order chi connectivity index (χ0) is 18.8. The standard InChI is InChI=1S/C20H23ClN2O3/c1-2-3-4-5-14-26-19(24)15-6-10-17(11-7-15)22-20(25)23-18-12-8-16(21)9-13-18/h6-13H,2-5,14H2,1H3,(H2,22,23,25). The molecule has 0 spiro atoms. The fourth-order valence-electron chi connectivity index (χ4n) is 2.29. The van der Waals surface area contributed by atoms with E-state index in [1.165, 1.54) is 0 Å². The Labute approximate surface area is 158 Å². The SMILES string of the molecule is CCCCCCOC(=O)c1ccc(NC(=O)Nc2ccc(Cl)cc2)cc1. The molecule has 0 fully saturated rings. The third kappa shape index (κ3) is 6.76. The first-order valence-corrected chi connectivity index (χ1v) is 9.07. The predicted molar refractivity (Wildman–Crippen MR) is 105 cm³/mol. The molecule has 2 aromatic carbocycles. The first-order chi connectivity index (χ1) is 12.6. The van der Waals surface area contributed by atoms with Gasteiger partial charge in [-0.2, -0.15) is 0 Å². The van der Waals surface area contributed by atoms with Crippen molar-refractivity contribution in [3.05, 3.63) is 59.1 Å². The Morgan fingerprint density at radius 2 is 1.46 bits per heavy atom. The lowest BCUT2D eigenvalue weighted by molar-refractivity contribution is 0.0498. The number of carbonyl (C=O) groups is 2. The number of carbonyl (C=O) groups excluding carboxylic acids is 2. The summed E-state index contributed by atoms with van der Waals surface area (Å²) in [4.78, 5) is 23.9. The lowest BCUT2D eigenvalue weighted by atomic mass is 10.2. The molecule has 2 N–H and O–H groups in total. The zero-order valence-electron chi connectivity index (χ0n) is 14.8. The monoisotopic (exact) mass is 374 g/mol. The van der Waals surface area contributed by atoms with E-state index < -0.39 is 0 Å². The lowest BCUT2D eigenvalue weighted by Gasteiger charge is -2.09. The van der Waals surface area contributed by atoms with Crippen LogP contribution in [-0.2, 0) is 4.74 Å². The molecule has 0 atom stereocenters. The van der Waals surface area contributed by atoms with E-state index in [1.54, 1.807) is 48.5 Å². The minimum absolute atomic E-state index is 0.348. The minimum atomic E-state index is -0.376. The van der Waals surface area contributed by atoms with Crippen LogP contribution in [0.25, 0.3) is 0 Å². The second-order valence-electron chi connectivity index (χ2n) is 5.86. The van der Waals surface area contributed by atoms with Crippen molar-refractivity contribution in [1.82, 2.24) is 0 Å². The largest absolute Gasteiger partial charge is 0.462 e. The Morgan fingerprint density at radius 3 is 2.04 bits per heavy atom. The summed E-state index contributed by atoms with van der Waals surface area (Å²) in [5.41, 5.74) is 1.68. The summed E-state index contributed by atoms with van der Waals surface area (Å²) in [5, 5.41) is 6.00. The van der Waals surface area contributed by atoms with Crippen molar-refractivity contribution in [1.29, 1.82) is 0 Å². The number of amides is 2. The first kappa shape index (κ1) is 19.8. The highest BCUT2D eigenvalue weighted by Crippen LogP contribution is 2.15. The van der Waals surface area contributed by atoms with Crippen LogP contribution in [-0.4, -0.2) is 18.6 Å². The second-order valence-corrected chi connectivity index (χ2v) is 6.30. The molecule has 0 unspecified atom stereocenters. The van der Waals surface area contributed by atoms with Gasteiger partial charge in [0.15, 0.2) is 0 Å². The molecule has 138 valence electrons. The molecule has 0 radical (unpaired) electrons. The smallest absolute Gasteiger partial charge is 0.338 e. The molecule has 0 aliphatic carbocycles. The summed E-state index contributed by atoms with van der Waals surface area (Å²) in [6.45, 7) is 2.57. The van der Waals surface area contributed by atoms with E-state index in [1.807, 2.05) is 0 Å². The van der Waals surface area contributed by atoms with Crippen molar-refractivity contribution in [2.24, 2.45) is 0 Å². The van der Waals surface area contributed by atoms with Crippen LogP contribution in [0.5, 0.6) is 0 Å². The molecule has 6 heteroatoms. The maximum absolute atomic E-state index is 12.0. The second kappa shape index (κ2) is 10.5. The molecule has 0 aromatic heterocycles. The number of hydrogen-bond donors (Lipinski definition) is 2. The van der Waals surface area contributed by atoms with Crippen molar-refractivity contribution in [3.63, 3.8) is 0 Å². The first-order valence-electron chi connectivity index (χ1n) is 8.69. The predicted octanol–water partition coefficient (Wildman–Crippen LogP) is 5.72. The molecule has 26 heavy (non-hydrogen) atoms. The van der Waals surface area contributed by atoms with Crippen molar-refractivity contribution >= 4 is 35.0 Å². The molecular weight excluding hydrogens is 352 g/mol. The highest BCUT2D eigenvalue weighted by atomic mass is 35.5. The van der Waals surface area contributed by atoms with Gasteiger partial charge in [0.25, 0.3) is 0 Å². The van der Waals surface area contributed by atoms with E-state index in [2.05, 4.69) is 17.6 Å². The number of anilines is 2. The van der Waals surface area contributed by atoms with Gasteiger partial charge < -0.3 is 15.4 Å². The molecular formula is C20H23ClN2O3. The summed E-state index contributed by atoms with van der Waals surface area (Å²) in [5.74, 6) is -0.348. The Balaban J connectivity index is 1.79. The molecule has 0 bridgehead atoms. The van der Waals surface area contributed by atoms with Crippen LogP contribution in [0.4, 0.5) is 16.2 Å². The minimum Gasteiger partial charge on any atom is -0.462 e. The molecule has 0 heterocycles. The fourth-order valence-corrected chi connectivity index (χ4v) is 2.42. The number of benzene rings is 2. The topological polar surface area (TPSA) is 67.4 Å². The van der Waals surface area contributed by atoms with E-state index in [0.29, 0.717) is 28.6 Å². The van der Waals surface area contributed by atoms with E-state index in [9.17, 15) is 9.59 Å². The highest BCUT2D eigenvalue weighted by molar-refractivity contribution is 6.30. The summed E-state index contributed by atoms with van der Waals surface area (Å²) >= 11 is 5.81. The van der Waals surface area contributed by atoms with Gasteiger partial charge in [0.2, 0.25) is 0 Å². The van der Waals surface area contributed by atoms with Crippen LogP contribution in [0, 0.1) is 0 Å². The molecule has 0 aliphatic rings. The number of unbranched alkanes of at least 4 members (excludes halogenated alkanes) is 3. The molecule has 2 rings (SSSR count). The zero-order valence-corrected chi connectivity index (χ0v) is 15.5. The van der Waals surface area contributed by atoms with Gasteiger partial charge in [-0.3, -0.25) is 0 Å². The van der Waals surface area contributed by atoms with Crippen molar-refractivity contribution in [2.75, 3.05) is 17.2 Å². The van der Waals surface area contributed by atoms with Gasteiger partial charge in [0.05, 0.1) is 12.2 Å². The van der Waals surface area contributed by atoms with Gasteiger partial charge in [-0.15, -0.1) is 0 Å². The van der Waals surface area contributed by atoms with Gasteiger partial charge in [-0.05, 0) is 55.0 Å². The number of urea groups is 1. The number of esters is 1. The third-order valence-electron chi connectivity index (χ3n) is 3.71. The average molecular weight is 375 g/mol. The number of hydrogen-bond acceptors (Lipinski definition) is 3. The average Bonchev–Trinajstić information content (AvgIpc) is 2.64. The lowest BCUT2D eigenvalue weighted by Crippen LogP contribution is -2.19. The number of nitrogens with one attached hydrogen (secondary N) is 2. The van der Waals surface area contributed by atoms with Gasteiger partial charge in [0, 0.05) is 16.4 Å². The summed E-state index contributed by atoms with van der Waals surface area (Å²) < 4.78 is 5.23. The normalized spacial score (nSPS) is 10.2. The maximum Gasteiger partial charge on any atom is 0.338 e. The molecule has 0 saturated carbocycles. The van der Waals surface area contributed by atoms with E-state index in [-0.39, 0.29) is 12.0 Å². The highest BCUT2D eigenvalue weighted by Gasteiger charge is 2.08. The molecule has 0 aliphatic heterocycles. The van der Waals surface area contributed by atoms with Crippen LogP contribution in [0.2, 0.25) is 5.02 Å². The molecule has 0 saturated heterocycles. The summed E-state index contributed by atoms with van der Waals surface area (Å²) in [7, 11) is 0. The van der Waals surface area contributed by atoms with Crippen LogP contribution < -0.4 is 10.6 Å². The van der Waals surface area contributed by atoms with Crippen LogP contribution in [0.3, 0.4) is 0 Å². The Morgan fingerprint density at radius 1 is 0.885 bits per heavy atom. The Kier molecular flexibility index (Phi) is 7.96. The van der Waals surface area contributed by atoms with Gasteiger partial charge in [-0.25, -0.2) is 9.59 Å². The van der Waals surface area contributed by atoms with Crippen LogP contribution >= 0.6 is 11.6 Å². The number of rotatable bonds is 8. The van der Waals surface area contributed by atoms with Crippen molar-refractivity contribution in [3.8, 4) is 0 Å². The Hall–Kier alpha value is -2.53. The molecule has 2 amide bonds. The van der Waals surface area contributed by atoms with E-state index >= 15 is 0 Å². The summed E-state index contributed by atoms with van der Waals surface area (Å²) in [6.07, 6.45) is 4.24. The molecule has 5 nitrogen and oxygen atoms in total. The van der Waals surface area contributed by atoms with E-state index in [0.717, 1.165) is 25.7 Å². The summed E-state index contributed by atoms with van der Waals surface area (Å²) in [6, 6.07) is 13.0. The number of ether oxygens (including phenoxy) is 1. The van der Waals surface area contributed by atoms with Gasteiger partial charge >= 0.3 is 12.0 Å². The van der Waals surface area contributed by atoms with Gasteiger partial charge in [0.1, 0.15) is 0 Å². The quantitative estimate of drug-likeness (QED) is 0.458. The molecule has 2 aromatic rings. The third-order valence-corrected chi connectivity index (χ3v) is 3.96.